The lowest BCUT2D eigenvalue weighted by molar-refractivity contribution is -0.385. The van der Waals surface area contributed by atoms with Gasteiger partial charge in [0.2, 0.25) is 0 Å². The Morgan fingerprint density at radius 2 is 1.71 bits per heavy atom. The number of hydrogen-bond acceptors (Lipinski definition) is 4. The number of carbonyl (C=O) groups is 2. The molecular weight excluding hydrogens is 317 g/mol. The van der Waals surface area contributed by atoms with Gasteiger partial charge in [-0.1, -0.05) is 12.1 Å². The van der Waals surface area contributed by atoms with Crippen LogP contribution in [0.1, 0.15) is 15.9 Å². The van der Waals surface area contributed by atoms with Crippen LogP contribution in [0.4, 0.5) is 10.1 Å². The molecule has 0 saturated heterocycles. The lowest BCUT2D eigenvalue weighted by Gasteiger charge is -2.05. The lowest BCUT2D eigenvalue weighted by atomic mass is 10.1. The minimum absolute atomic E-state index is 0.142. The second-order valence-corrected chi connectivity index (χ2v) is 4.60. The zero-order valence-electron chi connectivity index (χ0n) is 12.2. The second kappa shape index (κ2) is 7.63. The average molecular weight is 329 g/mol. The number of carbonyl (C=O) groups excluding carboxylic acids is 2. The molecule has 2 N–H and O–H groups in total. The smallest absolute Gasteiger partial charge is 0.268 e. The van der Waals surface area contributed by atoms with Gasteiger partial charge in [0, 0.05) is 17.7 Å². The van der Waals surface area contributed by atoms with Gasteiger partial charge in [-0.15, -0.1) is 0 Å². The highest BCUT2D eigenvalue weighted by atomic mass is 19.1. The Kier molecular flexibility index (Phi) is 5.35. The quantitative estimate of drug-likeness (QED) is 0.510. The standard InChI is InChI=1S/C16H12FN3O4/c17-13-8-5-12(6-9-13)16(22)19-18-15(21)10-7-11-3-1-2-4-14(11)20(23)24/h1-10H,(H,18,21)(H,19,22)/b10-7+. The van der Waals surface area contributed by atoms with Gasteiger partial charge in [0.15, 0.2) is 0 Å². The highest BCUT2D eigenvalue weighted by Gasteiger charge is 2.10. The van der Waals surface area contributed by atoms with Crippen LogP contribution < -0.4 is 10.9 Å². The fourth-order valence-corrected chi connectivity index (χ4v) is 1.79. The summed E-state index contributed by atoms with van der Waals surface area (Å²) >= 11 is 0. The number of nitrogens with zero attached hydrogens (tertiary/aromatic N) is 1. The summed E-state index contributed by atoms with van der Waals surface area (Å²) in [6.07, 6.45) is 2.31. The number of rotatable bonds is 4. The highest BCUT2D eigenvalue weighted by molar-refractivity contribution is 5.98. The van der Waals surface area contributed by atoms with E-state index in [0.717, 1.165) is 18.2 Å². The summed E-state index contributed by atoms with van der Waals surface area (Å²) in [5.74, 6) is -1.78. The zero-order chi connectivity index (χ0) is 17.5. The summed E-state index contributed by atoms with van der Waals surface area (Å²) in [6, 6.07) is 10.7. The molecule has 0 saturated carbocycles. The SMILES string of the molecule is O=C(/C=C/c1ccccc1[N+](=O)[O-])NNC(=O)c1ccc(F)cc1. The van der Waals surface area contributed by atoms with E-state index in [1.54, 1.807) is 6.07 Å². The van der Waals surface area contributed by atoms with Gasteiger partial charge in [0.25, 0.3) is 17.5 Å². The molecule has 0 bridgehead atoms. The summed E-state index contributed by atoms with van der Waals surface area (Å²) in [5, 5.41) is 10.8. The topological polar surface area (TPSA) is 101 Å². The van der Waals surface area contributed by atoms with Crippen LogP contribution in [0.3, 0.4) is 0 Å². The number of para-hydroxylation sites is 1. The van der Waals surface area contributed by atoms with Crippen molar-refractivity contribution in [1.29, 1.82) is 0 Å². The van der Waals surface area contributed by atoms with E-state index >= 15 is 0 Å². The first-order chi connectivity index (χ1) is 11.5. The monoisotopic (exact) mass is 329 g/mol. The third-order valence-corrected chi connectivity index (χ3v) is 2.95. The molecule has 0 aliphatic carbocycles. The Bertz CT molecular complexity index is 803. The molecule has 0 spiro atoms. The summed E-state index contributed by atoms with van der Waals surface area (Å²) in [5.41, 5.74) is 4.55. The van der Waals surface area contributed by atoms with Crippen molar-refractivity contribution in [3.63, 3.8) is 0 Å². The highest BCUT2D eigenvalue weighted by Crippen LogP contribution is 2.18. The van der Waals surface area contributed by atoms with E-state index in [1.165, 1.54) is 36.4 Å². The first-order valence-corrected chi connectivity index (χ1v) is 6.75. The van der Waals surface area contributed by atoms with Gasteiger partial charge in [-0.3, -0.25) is 30.6 Å². The molecule has 24 heavy (non-hydrogen) atoms. The van der Waals surface area contributed by atoms with Crippen LogP contribution in [0.15, 0.2) is 54.6 Å². The maximum Gasteiger partial charge on any atom is 0.276 e. The third-order valence-electron chi connectivity index (χ3n) is 2.95. The van der Waals surface area contributed by atoms with Gasteiger partial charge in [0.1, 0.15) is 5.82 Å². The maximum atomic E-state index is 12.8. The van der Waals surface area contributed by atoms with Crippen molar-refractivity contribution >= 4 is 23.6 Å². The van der Waals surface area contributed by atoms with Gasteiger partial charge < -0.3 is 0 Å². The Morgan fingerprint density at radius 3 is 2.38 bits per heavy atom. The predicted octanol–water partition coefficient (Wildman–Crippen LogP) is 2.21. The lowest BCUT2D eigenvalue weighted by Crippen LogP contribution is -2.40. The molecule has 8 heteroatoms. The van der Waals surface area contributed by atoms with Crippen molar-refractivity contribution in [3.05, 3.63) is 81.7 Å². The molecular formula is C16H12FN3O4. The molecule has 2 aromatic rings. The molecule has 0 unspecified atom stereocenters. The summed E-state index contributed by atoms with van der Waals surface area (Å²) in [7, 11) is 0. The number of nitro groups is 1. The van der Waals surface area contributed by atoms with Crippen molar-refractivity contribution < 1.29 is 18.9 Å². The van der Waals surface area contributed by atoms with Crippen molar-refractivity contribution in [2.45, 2.75) is 0 Å². The molecule has 0 aromatic heterocycles. The summed E-state index contributed by atoms with van der Waals surface area (Å²) < 4.78 is 12.8. The van der Waals surface area contributed by atoms with Gasteiger partial charge in [-0.25, -0.2) is 4.39 Å². The zero-order valence-corrected chi connectivity index (χ0v) is 12.2. The average Bonchev–Trinajstić information content (AvgIpc) is 2.58. The Labute approximate surface area is 135 Å². The molecule has 2 amide bonds. The van der Waals surface area contributed by atoms with E-state index in [2.05, 4.69) is 10.9 Å². The molecule has 2 rings (SSSR count). The second-order valence-electron chi connectivity index (χ2n) is 4.60. The summed E-state index contributed by atoms with van der Waals surface area (Å²) in [6.45, 7) is 0. The number of benzene rings is 2. The fourth-order valence-electron chi connectivity index (χ4n) is 1.79. The van der Waals surface area contributed by atoms with Gasteiger partial charge in [-0.05, 0) is 36.4 Å². The molecule has 0 heterocycles. The molecule has 0 fully saturated rings. The van der Waals surface area contributed by atoms with Crippen LogP contribution in [0.2, 0.25) is 0 Å². The van der Waals surface area contributed by atoms with E-state index in [4.69, 9.17) is 0 Å². The van der Waals surface area contributed by atoms with Crippen LogP contribution in [0, 0.1) is 15.9 Å². The van der Waals surface area contributed by atoms with E-state index in [-0.39, 0.29) is 16.8 Å². The van der Waals surface area contributed by atoms with Gasteiger partial charge in [-0.2, -0.15) is 0 Å². The molecule has 0 radical (unpaired) electrons. The van der Waals surface area contributed by atoms with Crippen molar-refractivity contribution in [1.82, 2.24) is 10.9 Å². The summed E-state index contributed by atoms with van der Waals surface area (Å²) in [4.78, 5) is 33.6. The van der Waals surface area contributed by atoms with Crippen LogP contribution in [0.25, 0.3) is 6.08 Å². The molecule has 2 aromatic carbocycles. The van der Waals surface area contributed by atoms with Crippen molar-refractivity contribution in [3.8, 4) is 0 Å². The number of amides is 2. The maximum absolute atomic E-state index is 12.8. The van der Waals surface area contributed by atoms with Gasteiger partial charge in [0.05, 0.1) is 10.5 Å². The molecule has 122 valence electrons. The van der Waals surface area contributed by atoms with E-state index in [1.807, 2.05) is 0 Å². The number of hydrogen-bond donors (Lipinski definition) is 2. The first-order valence-electron chi connectivity index (χ1n) is 6.75. The first kappa shape index (κ1) is 16.8. The van der Waals surface area contributed by atoms with E-state index < -0.39 is 22.6 Å². The van der Waals surface area contributed by atoms with Crippen LogP contribution in [0.5, 0.6) is 0 Å². The van der Waals surface area contributed by atoms with Crippen LogP contribution >= 0.6 is 0 Å². The predicted molar refractivity (Wildman–Crippen MR) is 84.1 cm³/mol. The normalized spacial score (nSPS) is 10.4. The largest absolute Gasteiger partial charge is 0.276 e. The van der Waals surface area contributed by atoms with E-state index in [0.29, 0.717) is 0 Å². The third kappa shape index (κ3) is 4.47. The number of nitrogens with one attached hydrogen (secondary N) is 2. The number of nitro benzene ring substituents is 1. The Hall–Kier alpha value is -3.55. The Balaban J connectivity index is 1.95. The van der Waals surface area contributed by atoms with Crippen molar-refractivity contribution in [2.75, 3.05) is 0 Å². The van der Waals surface area contributed by atoms with Crippen LogP contribution in [-0.4, -0.2) is 16.7 Å². The minimum Gasteiger partial charge on any atom is -0.268 e. The van der Waals surface area contributed by atoms with Crippen LogP contribution in [-0.2, 0) is 4.79 Å². The Morgan fingerprint density at radius 1 is 1.04 bits per heavy atom. The fraction of sp³-hybridized carbons (Fsp3) is 0. The molecule has 0 aliphatic heterocycles. The number of hydrazine groups is 1. The minimum atomic E-state index is -0.677. The molecule has 0 aliphatic rings. The van der Waals surface area contributed by atoms with E-state index in [9.17, 15) is 24.1 Å². The molecule has 7 nitrogen and oxygen atoms in total. The molecule has 0 atom stereocenters. The van der Waals surface area contributed by atoms with Crippen molar-refractivity contribution in [2.24, 2.45) is 0 Å². The van der Waals surface area contributed by atoms with Gasteiger partial charge >= 0.3 is 0 Å². The number of halogens is 1.